The molecule has 5 heteroatoms. The summed E-state index contributed by atoms with van der Waals surface area (Å²) in [6, 6.07) is 0. The number of hydrogen-bond donors (Lipinski definition) is 4. The minimum atomic E-state index is -1.15. The van der Waals surface area contributed by atoms with Crippen LogP contribution in [-0.2, 0) is 4.79 Å². The zero-order chi connectivity index (χ0) is 25.8. The van der Waals surface area contributed by atoms with E-state index in [1.54, 1.807) is 0 Å². The van der Waals surface area contributed by atoms with E-state index < -0.39 is 17.5 Å². The van der Waals surface area contributed by atoms with Crippen molar-refractivity contribution in [2.75, 3.05) is 6.61 Å². The van der Waals surface area contributed by atoms with Crippen molar-refractivity contribution in [3.8, 4) is 0 Å². The third-order valence-corrected chi connectivity index (χ3v) is 13.3. The van der Waals surface area contributed by atoms with E-state index in [0.717, 1.165) is 32.1 Å². The molecule has 0 bridgehead atoms. The zero-order valence-electron chi connectivity index (χ0n) is 22.7. The highest BCUT2D eigenvalue weighted by molar-refractivity contribution is 5.77. The van der Waals surface area contributed by atoms with Gasteiger partial charge in [-0.15, -0.1) is 0 Å². The van der Waals surface area contributed by atoms with Crippen LogP contribution in [0.4, 0.5) is 0 Å². The Balaban J connectivity index is 1.63. The molecule has 5 aliphatic carbocycles. The van der Waals surface area contributed by atoms with Crippen LogP contribution in [0, 0.1) is 50.2 Å². The van der Waals surface area contributed by atoms with Crippen LogP contribution in [0.25, 0.3) is 0 Å². The zero-order valence-corrected chi connectivity index (χ0v) is 22.7. The van der Waals surface area contributed by atoms with Crippen LogP contribution < -0.4 is 0 Å². The van der Waals surface area contributed by atoms with E-state index >= 15 is 0 Å². The van der Waals surface area contributed by atoms with E-state index in [4.69, 9.17) is 0 Å². The van der Waals surface area contributed by atoms with Crippen molar-refractivity contribution >= 4 is 5.97 Å². The first-order chi connectivity index (χ1) is 16.1. The molecule has 5 rings (SSSR count). The van der Waals surface area contributed by atoms with Gasteiger partial charge in [0.15, 0.2) is 0 Å². The smallest absolute Gasteiger partial charge is 0.312 e. The number of rotatable bonds is 2. The van der Waals surface area contributed by atoms with Crippen molar-refractivity contribution in [2.24, 2.45) is 50.2 Å². The number of carboxylic acids is 1. The summed E-state index contributed by atoms with van der Waals surface area (Å²) in [5, 5.41) is 43.3. The summed E-state index contributed by atoms with van der Waals surface area (Å²) in [5.41, 5.74) is -0.537. The lowest BCUT2D eigenvalue weighted by atomic mass is 9.33. The summed E-state index contributed by atoms with van der Waals surface area (Å²) in [6.45, 7) is 13.8. The standard InChI is InChI=1S/C30H48O5/c1-25(2)20-9-12-28(5)21(27(20,4)11-10-22(25)32)8-7-18-19-15-26(3,17-31)13-14-30(19,24(34)35)23(33)16-29(18,28)6/h7,19-23,31-33H,8-17H2,1-6H3,(H,34,35)/t19-,20-,21+,22-,23+,26+,27-,28+,29+,30+/m0/s1. The quantitative estimate of drug-likeness (QED) is 0.402. The number of hydrogen-bond acceptors (Lipinski definition) is 4. The molecule has 0 unspecified atom stereocenters. The normalized spacial score (nSPS) is 55.0. The summed E-state index contributed by atoms with van der Waals surface area (Å²) in [6.07, 6.45) is 8.31. The molecule has 0 aliphatic heterocycles. The number of carboxylic acid groups (broad SMARTS) is 1. The molecule has 0 heterocycles. The van der Waals surface area contributed by atoms with Gasteiger partial charge in [-0.2, -0.15) is 0 Å². The average Bonchev–Trinajstić information content (AvgIpc) is 2.77. The van der Waals surface area contributed by atoms with Crippen molar-refractivity contribution in [3.05, 3.63) is 11.6 Å². The molecule has 0 aromatic rings. The molecule has 10 atom stereocenters. The molecular formula is C30H48O5. The van der Waals surface area contributed by atoms with Gasteiger partial charge < -0.3 is 20.4 Å². The Bertz CT molecular complexity index is 941. The predicted molar refractivity (Wildman–Crippen MR) is 135 cm³/mol. The maximum atomic E-state index is 12.8. The van der Waals surface area contributed by atoms with Crippen LogP contribution in [0.1, 0.15) is 99.3 Å². The molecule has 0 amide bonds. The molecule has 0 aromatic carbocycles. The lowest BCUT2D eigenvalue weighted by molar-refractivity contribution is -0.219. The fraction of sp³-hybridized carbons (Fsp3) is 0.900. The number of aliphatic carboxylic acids is 1. The molecular weight excluding hydrogens is 440 g/mol. The minimum absolute atomic E-state index is 0.0422. The third kappa shape index (κ3) is 3.01. The highest BCUT2D eigenvalue weighted by Gasteiger charge is 2.71. The Morgan fingerprint density at radius 1 is 0.914 bits per heavy atom. The second-order valence-electron chi connectivity index (χ2n) is 15.0. The van der Waals surface area contributed by atoms with E-state index in [1.807, 2.05) is 0 Å². The lowest BCUT2D eigenvalue weighted by Crippen LogP contribution is -2.67. The molecule has 4 N–H and O–H groups in total. The number of fused-ring (bicyclic) bond motifs is 7. The molecule has 35 heavy (non-hydrogen) atoms. The molecule has 4 saturated carbocycles. The van der Waals surface area contributed by atoms with Gasteiger partial charge in [-0.1, -0.05) is 53.2 Å². The SMILES string of the molecule is CC1(C)[C@@H](O)CC[C@]2(C)[C@H]3CC=C4[C@@H]5C[C@](C)(CO)CC[C@]5(C(=O)O)[C@H](O)C[C@@]4(C)[C@]3(C)CC[C@@H]12. The summed E-state index contributed by atoms with van der Waals surface area (Å²) in [4.78, 5) is 12.8. The predicted octanol–water partition coefficient (Wildman–Crippen LogP) is 5.18. The van der Waals surface area contributed by atoms with Crippen LogP contribution in [0.2, 0.25) is 0 Å². The minimum Gasteiger partial charge on any atom is -0.481 e. The first-order valence-corrected chi connectivity index (χ1v) is 14.0. The van der Waals surface area contributed by atoms with Gasteiger partial charge in [0, 0.05) is 6.61 Å². The van der Waals surface area contributed by atoms with Crippen molar-refractivity contribution < 1.29 is 25.2 Å². The Kier molecular flexibility index (Phi) is 5.56. The molecule has 0 spiro atoms. The van der Waals surface area contributed by atoms with E-state index in [1.165, 1.54) is 5.57 Å². The summed E-state index contributed by atoms with van der Waals surface area (Å²) < 4.78 is 0. The highest BCUT2D eigenvalue weighted by Crippen LogP contribution is 2.75. The van der Waals surface area contributed by atoms with Crippen LogP contribution in [0.3, 0.4) is 0 Å². The van der Waals surface area contributed by atoms with Gasteiger partial charge in [-0.05, 0) is 103 Å². The average molecular weight is 489 g/mol. The van der Waals surface area contributed by atoms with E-state index in [9.17, 15) is 25.2 Å². The second-order valence-corrected chi connectivity index (χ2v) is 15.0. The van der Waals surface area contributed by atoms with Crippen molar-refractivity contribution in [2.45, 2.75) is 112 Å². The maximum Gasteiger partial charge on any atom is 0.312 e. The third-order valence-electron chi connectivity index (χ3n) is 13.3. The Hall–Kier alpha value is -0.910. The summed E-state index contributed by atoms with van der Waals surface area (Å²) >= 11 is 0. The van der Waals surface area contributed by atoms with Gasteiger partial charge in [-0.25, -0.2) is 0 Å². The number of carbonyl (C=O) groups is 1. The monoisotopic (exact) mass is 488 g/mol. The summed E-state index contributed by atoms with van der Waals surface area (Å²) in [5.74, 6) is -0.225. The highest BCUT2D eigenvalue weighted by atomic mass is 16.4. The second kappa shape index (κ2) is 7.57. The fourth-order valence-electron chi connectivity index (χ4n) is 10.8. The van der Waals surface area contributed by atoms with Gasteiger partial charge in [-0.3, -0.25) is 4.79 Å². The first-order valence-electron chi connectivity index (χ1n) is 14.0. The van der Waals surface area contributed by atoms with E-state index in [2.05, 4.69) is 47.6 Å². The molecule has 0 aromatic heterocycles. The fourth-order valence-corrected chi connectivity index (χ4v) is 10.8. The van der Waals surface area contributed by atoms with Gasteiger partial charge in [0.1, 0.15) is 5.41 Å². The largest absolute Gasteiger partial charge is 0.481 e. The molecule has 4 fully saturated rings. The van der Waals surface area contributed by atoms with Gasteiger partial charge in [0.05, 0.1) is 12.2 Å². The van der Waals surface area contributed by atoms with E-state index in [-0.39, 0.29) is 45.7 Å². The van der Waals surface area contributed by atoms with Crippen molar-refractivity contribution in [1.82, 2.24) is 0 Å². The van der Waals surface area contributed by atoms with Crippen LogP contribution in [-0.4, -0.2) is 45.2 Å². The van der Waals surface area contributed by atoms with Gasteiger partial charge in [0.2, 0.25) is 0 Å². The van der Waals surface area contributed by atoms with E-state index in [0.29, 0.717) is 37.5 Å². The molecule has 0 radical (unpaired) electrons. The topological polar surface area (TPSA) is 98.0 Å². The maximum absolute atomic E-state index is 12.8. The number of aliphatic hydroxyl groups excluding tert-OH is 3. The van der Waals surface area contributed by atoms with Gasteiger partial charge >= 0.3 is 5.97 Å². The summed E-state index contributed by atoms with van der Waals surface area (Å²) in [7, 11) is 0. The molecule has 5 nitrogen and oxygen atoms in total. The van der Waals surface area contributed by atoms with Crippen LogP contribution >= 0.6 is 0 Å². The number of aliphatic hydroxyl groups is 3. The van der Waals surface area contributed by atoms with Gasteiger partial charge in [0.25, 0.3) is 0 Å². The number of allylic oxidation sites excluding steroid dienone is 2. The van der Waals surface area contributed by atoms with Crippen LogP contribution in [0.15, 0.2) is 11.6 Å². The first kappa shape index (κ1) is 25.7. The van der Waals surface area contributed by atoms with Crippen LogP contribution in [0.5, 0.6) is 0 Å². The molecule has 198 valence electrons. The Morgan fingerprint density at radius 3 is 2.23 bits per heavy atom. The van der Waals surface area contributed by atoms with Crippen molar-refractivity contribution in [3.63, 3.8) is 0 Å². The Labute approximate surface area is 211 Å². The molecule has 5 aliphatic rings. The van der Waals surface area contributed by atoms with Crippen molar-refractivity contribution in [1.29, 1.82) is 0 Å². The molecule has 0 saturated heterocycles. The Morgan fingerprint density at radius 2 is 1.60 bits per heavy atom. The lowest BCUT2D eigenvalue weighted by Gasteiger charge is -2.71.